The number of aliphatic imine (C=N–C) groups is 1. The first-order valence-electron chi connectivity index (χ1n) is 12.5. The van der Waals surface area contributed by atoms with Gasteiger partial charge in [-0.05, 0) is 80.5 Å². The molecule has 3 rings (SSSR count). The second-order valence-electron chi connectivity index (χ2n) is 11.3. The average Bonchev–Trinajstić information content (AvgIpc) is 3.02. The molecule has 1 aliphatic rings. The number of carboxylic acid groups (broad SMARTS) is 1. The van der Waals surface area contributed by atoms with E-state index in [4.69, 9.17) is 21.7 Å². The number of halogens is 1. The molecule has 2 amide bonds. The Morgan fingerprint density at radius 2 is 1.78 bits per heavy atom. The van der Waals surface area contributed by atoms with Crippen molar-refractivity contribution in [2.45, 2.75) is 72.5 Å². The molecule has 0 bridgehead atoms. The van der Waals surface area contributed by atoms with Crippen LogP contribution in [0.2, 0.25) is 5.02 Å². The minimum absolute atomic E-state index is 0.0584. The summed E-state index contributed by atoms with van der Waals surface area (Å²) in [7, 11) is 0. The number of carboxylic acids is 1. The number of nitrogens with zero attached hydrogens (tertiary/aromatic N) is 2. The van der Waals surface area contributed by atoms with Crippen molar-refractivity contribution in [2.75, 3.05) is 6.54 Å². The number of nitrogens with one attached hydrogen (secondary N) is 1. The minimum Gasteiger partial charge on any atom is -0.481 e. The van der Waals surface area contributed by atoms with Crippen molar-refractivity contribution >= 4 is 35.1 Å². The summed E-state index contributed by atoms with van der Waals surface area (Å²) < 4.78 is 0. The number of carbonyl (C=O) groups is 3. The highest BCUT2D eigenvalue weighted by Gasteiger charge is 2.45. The Hall–Kier alpha value is -3.19. The summed E-state index contributed by atoms with van der Waals surface area (Å²) in [5, 5.41) is 12.0. The lowest BCUT2D eigenvalue weighted by atomic mass is 9.86. The zero-order valence-electron chi connectivity index (χ0n) is 22.4. The van der Waals surface area contributed by atoms with E-state index in [2.05, 4.69) is 26.1 Å². The quantitative estimate of drug-likeness (QED) is 0.433. The number of benzene rings is 2. The van der Waals surface area contributed by atoms with E-state index in [0.717, 1.165) is 24.0 Å². The summed E-state index contributed by atoms with van der Waals surface area (Å²) >= 11 is 6.29. The van der Waals surface area contributed by atoms with Crippen molar-refractivity contribution in [3.8, 4) is 0 Å². The van der Waals surface area contributed by atoms with Gasteiger partial charge >= 0.3 is 5.97 Å². The van der Waals surface area contributed by atoms with E-state index in [1.807, 2.05) is 49.9 Å². The Labute approximate surface area is 223 Å². The second kappa shape index (κ2) is 11.1. The number of rotatable bonds is 9. The summed E-state index contributed by atoms with van der Waals surface area (Å²) in [6.07, 6.45) is 1.46. The molecule has 1 heterocycles. The lowest BCUT2D eigenvalue weighted by Gasteiger charge is -2.38. The molecule has 0 aliphatic carbocycles. The molecule has 1 aliphatic heterocycles. The van der Waals surface area contributed by atoms with Gasteiger partial charge in [-0.2, -0.15) is 0 Å². The fourth-order valence-corrected chi connectivity index (χ4v) is 4.87. The molecule has 0 aromatic heterocycles. The molecule has 37 heavy (non-hydrogen) atoms. The van der Waals surface area contributed by atoms with E-state index < -0.39 is 11.6 Å². The van der Waals surface area contributed by atoms with Gasteiger partial charge in [-0.15, -0.1) is 0 Å². The molecule has 0 radical (unpaired) electrons. The first-order chi connectivity index (χ1) is 17.2. The Morgan fingerprint density at radius 3 is 2.35 bits per heavy atom. The van der Waals surface area contributed by atoms with Crippen LogP contribution in [-0.4, -0.2) is 45.7 Å². The third kappa shape index (κ3) is 7.19. The zero-order chi connectivity index (χ0) is 27.5. The number of amides is 2. The summed E-state index contributed by atoms with van der Waals surface area (Å²) in [5.41, 5.74) is 2.67. The molecule has 2 aromatic carbocycles. The van der Waals surface area contributed by atoms with Gasteiger partial charge in [-0.3, -0.25) is 19.4 Å². The first-order valence-corrected chi connectivity index (χ1v) is 12.9. The SMILES string of the molecule is Cc1cc(Cl)cc(C2=NC(C)(C)N([C@H](CCC(C)(C)C)c3ccc(C(=O)NCCC(=O)O)cc3)C2=O)c1. The molecule has 0 spiro atoms. The van der Waals surface area contributed by atoms with E-state index in [0.29, 0.717) is 21.9 Å². The summed E-state index contributed by atoms with van der Waals surface area (Å²) in [6, 6.07) is 12.4. The molecule has 198 valence electrons. The van der Waals surface area contributed by atoms with E-state index in [9.17, 15) is 14.4 Å². The van der Waals surface area contributed by atoms with Gasteiger partial charge in [0.25, 0.3) is 11.8 Å². The van der Waals surface area contributed by atoms with Gasteiger partial charge in [0, 0.05) is 22.7 Å². The molecule has 2 N–H and O–H groups in total. The predicted octanol–water partition coefficient (Wildman–Crippen LogP) is 5.79. The van der Waals surface area contributed by atoms with E-state index in [-0.39, 0.29) is 36.2 Å². The molecule has 2 aromatic rings. The highest BCUT2D eigenvalue weighted by molar-refractivity contribution is 6.47. The lowest BCUT2D eigenvalue weighted by Crippen LogP contribution is -2.45. The van der Waals surface area contributed by atoms with Crippen LogP contribution in [0.5, 0.6) is 0 Å². The Balaban J connectivity index is 1.93. The van der Waals surface area contributed by atoms with Crippen molar-refractivity contribution < 1.29 is 19.5 Å². The van der Waals surface area contributed by atoms with Crippen LogP contribution in [0.4, 0.5) is 0 Å². The highest BCUT2D eigenvalue weighted by Crippen LogP contribution is 2.40. The van der Waals surface area contributed by atoms with E-state index in [1.165, 1.54) is 0 Å². The van der Waals surface area contributed by atoms with Gasteiger partial charge < -0.3 is 15.3 Å². The first kappa shape index (κ1) is 28.4. The van der Waals surface area contributed by atoms with Gasteiger partial charge in [-0.25, -0.2) is 0 Å². The third-order valence-corrected chi connectivity index (χ3v) is 6.59. The number of hydrogen-bond acceptors (Lipinski definition) is 4. The van der Waals surface area contributed by atoms with Crippen LogP contribution in [0.25, 0.3) is 0 Å². The van der Waals surface area contributed by atoms with Crippen molar-refractivity contribution in [2.24, 2.45) is 10.4 Å². The van der Waals surface area contributed by atoms with Crippen LogP contribution < -0.4 is 5.32 Å². The molecule has 0 saturated carbocycles. The average molecular weight is 526 g/mol. The standard InChI is InChI=1S/C29H36ClN3O4/c1-18-15-21(17-22(30)16-18)25-27(37)33(29(5,6)32-25)23(11-13-28(2,3)4)19-7-9-20(10-8-19)26(36)31-14-12-24(34)35/h7-10,15-17,23H,11-14H2,1-6H3,(H,31,36)(H,34,35)/t23-/m1/s1. The van der Waals surface area contributed by atoms with Gasteiger partial charge in [-0.1, -0.05) is 44.5 Å². The molecule has 8 heteroatoms. The predicted molar refractivity (Wildman–Crippen MR) is 146 cm³/mol. The minimum atomic E-state index is -0.968. The highest BCUT2D eigenvalue weighted by atomic mass is 35.5. The summed E-state index contributed by atoms with van der Waals surface area (Å²) in [4.78, 5) is 43.7. The number of carbonyl (C=O) groups excluding carboxylic acids is 2. The molecule has 1 atom stereocenters. The maximum Gasteiger partial charge on any atom is 0.305 e. The molecular weight excluding hydrogens is 490 g/mol. The van der Waals surface area contributed by atoms with E-state index >= 15 is 0 Å². The van der Waals surface area contributed by atoms with Crippen molar-refractivity contribution in [1.29, 1.82) is 0 Å². The van der Waals surface area contributed by atoms with Crippen LogP contribution in [0.1, 0.15) is 87.0 Å². The molecule has 0 saturated heterocycles. The van der Waals surface area contributed by atoms with Crippen LogP contribution >= 0.6 is 11.6 Å². The number of aliphatic carboxylic acids is 1. The number of hydrogen-bond donors (Lipinski definition) is 2. The molecule has 0 unspecified atom stereocenters. The smallest absolute Gasteiger partial charge is 0.305 e. The zero-order valence-corrected chi connectivity index (χ0v) is 23.1. The van der Waals surface area contributed by atoms with Gasteiger partial charge in [0.05, 0.1) is 12.5 Å². The van der Waals surface area contributed by atoms with Crippen LogP contribution in [0, 0.1) is 12.3 Å². The fraction of sp³-hybridized carbons (Fsp3) is 0.448. The van der Waals surface area contributed by atoms with Crippen molar-refractivity contribution in [1.82, 2.24) is 10.2 Å². The molecular formula is C29H36ClN3O4. The fourth-order valence-electron chi connectivity index (χ4n) is 4.58. The summed E-state index contributed by atoms with van der Waals surface area (Å²) in [6.45, 7) is 12.4. The molecule has 7 nitrogen and oxygen atoms in total. The number of aryl methyl sites for hydroxylation is 1. The van der Waals surface area contributed by atoms with Crippen molar-refractivity contribution in [3.63, 3.8) is 0 Å². The maximum atomic E-state index is 13.9. The summed E-state index contributed by atoms with van der Waals surface area (Å²) in [5.74, 6) is -1.45. The third-order valence-electron chi connectivity index (χ3n) is 6.37. The van der Waals surface area contributed by atoms with Crippen LogP contribution in [0.15, 0.2) is 47.5 Å². The maximum absolute atomic E-state index is 13.9. The topological polar surface area (TPSA) is 99.1 Å². The monoisotopic (exact) mass is 525 g/mol. The van der Waals surface area contributed by atoms with Crippen molar-refractivity contribution in [3.05, 3.63) is 69.7 Å². The second-order valence-corrected chi connectivity index (χ2v) is 11.7. The largest absolute Gasteiger partial charge is 0.481 e. The van der Waals surface area contributed by atoms with Gasteiger partial charge in [0.1, 0.15) is 11.4 Å². The van der Waals surface area contributed by atoms with Crippen LogP contribution in [0.3, 0.4) is 0 Å². The lowest BCUT2D eigenvalue weighted by molar-refractivity contribution is -0.136. The van der Waals surface area contributed by atoms with Crippen LogP contribution in [-0.2, 0) is 9.59 Å². The Morgan fingerprint density at radius 1 is 1.14 bits per heavy atom. The normalized spacial score (nSPS) is 15.9. The molecule has 0 fully saturated rings. The van der Waals surface area contributed by atoms with Gasteiger partial charge in [0.2, 0.25) is 0 Å². The Bertz CT molecular complexity index is 1190. The van der Waals surface area contributed by atoms with Gasteiger partial charge in [0.15, 0.2) is 0 Å². The Kier molecular flexibility index (Phi) is 8.48. The van der Waals surface area contributed by atoms with E-state index in [1.54, 1.807) is 18.2 Å².